The molecule has 1 saturated heterocycles. The number of hydrogen-bond acceptors (Lipinski definition) is 5. The van der Waals surface area contributed by atoms with E-state index in [1.54, 1.807) is 7.11 Å². The van der Waals surface area contributed by atoms with Crippen LogP contribution in [-0.2, 0) is 18.4 Å². The van der Waals surface area contributed by atoms with E-state index in [0.717, 1.165) is 76.2 Å². The first-order chi connectivity index (χ1) is 22.4. The van der Waals surface area contributed by atoms with Gasteiger partial charge in [-0.1, -0.05) is 30.4 Å². The van der Waals surface area contributed by atoms with E-state index in [1.807, 2.05) is 36.2 Å². The molecule has 9 heteroatoms. The summed E-state index contributed by atoms with van der Waals surface area (Å²) >= 11 is 0. The molecule has 2 aliphatic heterocycles. The highest BCUT2D eigenvalue weighted by Crippen LogP contribution is 2.41. The summed E-state index contributed by atoms with van der Waals surface area (Å²) < 4.78 is 10.4. The highest BCUT2D eigenvalue weighted by atomic mass is 16.5. The van der Waals surface area contributed by atoms with Crippen LogP contribution >= 0.6 is 0 Å². The van der Waals surface area contributed by atoms with Crippen LogP contribution in [0.4, 0.5) is 0 Å². The summed E-state index contributed by atoms with van der Waals surface area (Å²) in [7, 11) is 3.67. The maximum atomic E-state index is 13.8. The number of aromatic nitrogens is 3. The second kappa shape index (κ2) is 10.1. The van der Waals surface area contributed by atoms with Gasteiger partial charge in [-0.2, -0.15) is 0 Å². The predicted octanol–water partition coefficient (Wildman–Crippen LogP) is 5.28. The zero-order chi connectivity index (χ0) is 31.3. The fraction of sp³-hybridized carbons (Fsp3) is 0.351. The first kappa shape index (κ1) is 27.5. The Morgan fingerprint density at radius 1 is 1.07 bits per heavy atom. The van der Waals surface area contributed by atoms with Crippen LogP contribution in [0.1, 0.15) is 41.6 Å². The van der Waals surface area contributed by atoms with Crippen molar-refractivity contribution < 1.29 is 14.3 Å². The number of nitrogens with zero attached hydrogens (tertiary/aromatic N) is 5. The van der Waals surface area contributed by atoms with Gasteiger partial charge in [-0.15, -0.1) is 0 Å². The van der Waals surface area contributed by atoms with E-state index >= 15 is 0 Å². The van der Waals surface area contributed by atoms with Crippen LogP contribution in [0.3, 0.4) is 0 Å². The Morgan fingerprint density at radius 2 is 1.91 bits per heavy atom. The van der Waals surface area contributed by atoms with Gasteiger partial charge in [0.15, 0.2) is 5.82 Å². The molecule has 46 heavy (non-hydrogen) atoms. The predicted molar refractivity (Wildman–Crippen MR) is 179 cm³/mol. The van der Waals surface area contributed by atoms with Gasteiger partial charge >= 0.3 is 0 Å². The third-order valence-corrected chi connectivity index (χ3v) is 10.7. The number of imidazole rings is 1. The normalized spacial score (nSPS) is 25.0. The molecule has 9 rings (SSSR count). The molecule has 3 aliphatic carbocycles. The number of nitrogens with two attached hydrogens (primary N) is 1. The van der Waals surface area contributed by atoms with Crippen LogP contribution < -0.4 is 10.5 Å². The van der Waals surface area contributed by atoms with Gasteiger partial charge in [0.2, 0.25) is 0 Å². The number of aliphatic imine (C=N–C) groups is 1. The molecule has 0 spiro atoms. The molecule has 2 amide bonds. The standard InChI is InChI=1S/C37H36N6O3/c1-41-35-28(14-26(17-32(35)46-2)37(45)43-19-25-9-11-29(43)34(25)38)40-36(41)31-16-24-8-7-23(15-30(24)42(31)18-20-3-4-20)22-6-5-21-10-12-33(44)39-27(21)13-22/h5-8,10,12-17,20-21,25,29,34H,3-4,9,11,18-19,38H2,1-2H3/t21?,25?,29?,34-/m1/s1. The molecule has 4 atom stereocenters. The van der Waals surface area contributed by atoms with E-state index < -0.39 is 0 Å². The monoisotopic (exact) mass is 612 g/mol. The molecule has 9 nitrogen and oxygen atoms in total. The Bertz CT molecular complexity index is 2110. The molecule has 4 aromatic rings. The van der Waals surface area contributed by atoms with Crippen LogP contribution in [0.15, 0.2) is 71.8 Å². The van der Waals surface area contributed by atoms with Crippen LogP contribution in [0.5, 0.6) is 5.75 Å². The zero-order valence-electron chi connectivity index (χ0n) is 26.0. The third kappa shape index (κ3) is 4.25. The number of hydrogen-bond donors (Lipinski definition) is 1. The molecule has 2 N–H and O–H groups in total. The molecule has 3 unspecified atom stereocenters. The molecule has 0 radical (unpaired) electrons. The number of likely N-dealkylation sites (tertiary alicyclic amines) is 1. The van der Waals surface area contributed by atoms with Gasteiger partial charge in [-0.25, -0.2) is 9.98 Å². The minimum atomic E-state index is -0.210. The molecular weight excluding hydrogens is 576 g/mol. The van der Waals surface area contributed by atoms with Crippen molar-refractivity contribution in [2.45, 2.75) is 44.3 Å². The number of allylic oxidation sites excluding steroid dienone is 5. The maximum absolute atomic E-state index is 13.8. The third-order valence-electron chi connectivity index (χ3n) is 10.7. The summed E-state index contributed by atoms with van der Waals surface area (Å²) in [6.45, 7) is 1.63. The van der Waals surface area contributed by atoms with E-state index in [9.17, 15) is 9.59 Å². The number of aryl methyl sites for hydroxylation is 1. The molecule has 2 aromatic heterocycles. The van der Waals surface area contributed by atoms with Crippen molar-refractivity contribution in [2.24, 2.45) is 35.5 Å². The Morgan fingerprint density at radius 3 is 2.67 bits per heavy atom. The summed E-state index contributed by atoms with van der Waals surface area (Å²) in [5.74, 6) is 2.33. The lowest BCUT2D eigenvalue weighted by atomic mass is 9.89. The number of rotatable bonds is 6. The maximum Gasteiger partial charge on any atom is 0.269 e. The Labute approximate surface area is 266 Å². The number of dihydropyridines is 1. The summed E-state index contributed by atoms with van der Waals surface area (Å²) in [6.07, 6.45) is 14.2. The van der Waals surface area contributed by atoms with Gasteiger partial charge in [0, 0.05) is 60.7 Å². The van der Waals surface area contributed by atoms with E-state index in [1.165, 1.54) is 18.9 Å². The Kier molecular flexibility index (Phi) is 6.06. The minimum Gasteiger partial charge on any atom is -0.494 e. The second-order valence-corrected chi connectivity index (χ2v) is 13.6. The van der Waals surface area contributed by atoms with Crippen LogP contribution in [-0.4, -0.2) is 62.3 Å². The van der Waals surface area contributed by atoms with Crippen molar-refractivity contribution in [3.05, 3.63) is 77.9 Å². The fourth-order valence-electron chi connectivity index (χ4n) is 8.05. The van der Waals surface area contributed by atoms with E-state index in [4.69, 9.17) is 15.5 Å². The van der Waals surface area contributed by atoms with E-state index in [-0.39, 0.29) is 29.8 Å². The van der Waals surface area contributed by atoms with Gasteiger partial charge < -0.3 is 24.5 Å². The number of carbonyl (C=O) groups is 2. The molecule has 2 bridgehead atoms. The van der Waals surface area contributed by atoms with Crippen molar-refractivity contribution in [1.82, 2.24) is 19.0 Å². The van der Waals surface area contributed by atoms with Crippen molar-refractivity contribution in [2.75, 3.05) is 13.7 Å². The molecule has 232 valence electrons. The largest absolute Gasteiger partial charge is 0.494 e. The van der Waals surface area contributed by atoms with Crippen molar-refractivity contribution in [1.29, 1.82) is 0 Å². The first-order valence-corrected chi connectivity index (χ1v) is 16.3. The Hall–Kier alpha value is -4.76. The SMILES string of the molecule is COc1cc(C(=O)N2CC3CCC2[C@@H]3N)cc2nc(-c3cc4ccc(C5=CC6=NC(=O)C=CC6C=C5)cc4n3CC3CC3)n(C)c12. The highest BCUT2D eigenvalue weighted by Gasteiger charge is 2.47. The smallest absolute Gasteiger partial charge is 0.269 e. The van der Waals surface area contributed by atoms with Gasteiger partial charge in [0.1, 0.15) is 11.3 Å². The number of ether oxygens (including phenoxy) is 1. The Balaban J connectivity index is 1.13. The minimum absolute atomic E-state index is 0.00222. The quantitative estimate of drug-likeness (QED) is 0.319. The zero-order valence-corrected chi connectivity index (χ0v) is 26.0. The molecular formula is C37H36N6O3. The first-order valence-electron chi connectivity index (χ1n) is 16.3. The molecule has 4 heterocycles. The fourth-order valence-corrected chi connectivity index (χ4v) is 8.05. The van der Waals surface area contributed by atoms with Crippen molar-refractivity contribution in [3.63, 3.8) is 0 Å². The van der Waals surface area contributed by atoms with Gasteiger partial charge in [0.25, 0.3) is 11.8 Å². The van der Waals surface area contributed by atoms with E-state index in [2.05, 4.69) is 50.5 Å². The summed E-state index contributed by atoms with van der Waals surface area (Å²) in [5, 5.41) is 1.14. The molecule has 2 saturated carbocycles. The van der Waals surface area contributed by atoms with Gasteiger partial charge in [-0.3, -0.25) is 9.59 Å². The lowest BCUT2D eigenvalue weighted by Gasteiger charge is -2.27. The number of benzene rings is 2. The average molecular weight is 613 g/mol. The van der Waals surface area contributed by atoms with Crippen molar-refractivity contribution >= 4 is 45.0 Å². The topological polar surface area (TPSA) is 108 Å². The number of carbonyl (C=O) groups excluding carboxylic acids is 2. The number of methoxy groups -OCH3 is 1. The van der Waals surface area contributed by atoms with E-state index in [0.29, 0.717) is 23.1 Å². The molecule has 2 aromatic carbocycles. The molecule has 5 aliphatic rings. The van der Waals surface area contributed by atoms with Crippen LogP contribution in [0.25, 0.3) is 39.0 Å². The lowest BCUT2D eigenvalue weighted by molar-refractivity contribution is -0.113. The van der Waals surface area contributed by atoms with Gasteiger partial charge in [0.05, 0.1) is 24.0 Å². The number of piperidine rings is 1. The molecule has 3 fully saturated rings. The van der Waals surface area contributed by atoms with Crippen molar-refractivity contribution in [3.8, 4) is 17.3 Å². The highest BCUT2D eigenvalue weighted by molar-refractivity contribution is 6.15. The summed E-state index contributed by atoms with van der Waals surface area (Å²) in [5.41, 5.74) is 13.7. The number of amides is 2. The summed E-state index contributed by atoms with van der Waals surface area (Å²) in [4.78, 5) is 37.1. The van der Waals surface area contributed by atoms with Crippen LogP contribution in [0.2, 0.25) is 0 Å². The lowest BCUT2D eigenvalue weighted by Crippen LogP contribution is -2.41. The number of fused-ring (bicyclic) bond motifs is 5. The second-order valence-electron chi connectivity index (χ2n) is 13.6. The average Bonchev–Trinajstić information content (AvgIpc) is 3.47. The van der Waals surface area contributed by atoms with Gasteiger partial charge in [-0.05, 0) is 79.0 Å². The summed E-state index contributed by atoms with van der Waals surface area (Å²) in [6, 6.07) is 12.7. The van der Waals surface area contributed by atoms with Crippen LogP contribution in [0, 0.1) is 17.8 Å².